The summed E-state index contributed by atoms with van der Waals surface area (Å²) in [6.07, 6.45) is 3.29. The normalized spacial score (nSPS) is 10.7. The minimum atomic E-state index is -0.435. The molecule has 0 aromatic heterocycles. The Morgan fingerprint density at radius 2 is 1.15 bits per heavy atom. The average molecular weight is 545 g/mol. The predicted octanol–water partition coefficient (Wildman–Crippen LogP) is 8.65. The lowest BCUT2D eigenvalue weighted by Gasteiger charge is -2.21. The smallest absolute Gasteiger partial charge is 0.330 e. The molecule has 0 saturated heterocycles. The van der Waals surface area contributed by atoms with Crippen LogP contribution in [0.1, 0.15) is 36.1 Å². The first-order valence-corrected chi connectivity index (χ1v) is 13.8. The van der Waals surface area contributed by atoms with Crippen LogP contribution in [0.15, 0.2) is 110 Å². The van der Waals surface area contributed by atoms with E-state index < -0.39 is 11.9 Å². The van der Waals surface area contributed by atoms with E-state index in [1.807, 2.05) is 24.3 Å². The van der Waals surface area contributed by atoms with Crippen LogP contribution in [0.5, 0.6) is 0 Å². The highest BCUT2D eigenvalue weighted by atomic mass is 16.5. The highest BCUT2D eigenvalue weighted by molar-refractivity contribution is 5.94. The van der Waals surface area contributed by atoms with Crippen LogP contribution in [0.25, 0.3) is 33.4 Å². The van der Waals surface area contributed by atoms with Gasteiger partial charge in [0.25, 0.3) is 0 Å². The third kappa shape index (κ3) is 7.29. The number of carbonyl (C=O) groups excluding carboxylic acids is 2. The topological polar surface area (TPSA) is 52.6 Å². The van der Waals surface area contributed by atoms with Gasteiger partial charge in [-0.05, 0) is 74.9 Å². The molecule has 0 aliphatic rings. The van der Waals surface area contributed by atoms with Crippen molar-refractivity contribution in [3.8, 4) is 33.4 Å². The monoisotopic (exact) mass is 544 g/mol. The molecule has 4 aromatic carbocycles. The van der Waals surface area contributed by atoms with E-state index in [-0.39, 0.29) is 13.2 Å². The van der Waals surface area contributed by atoms with Crippen LogP contribution in [0.3, 0.4) is 0 Å². The van der Waals surface area contributed by atoms with Gasteiger partial charge in [-0.25, -0.2) is 9.59 Å². The first-order valence-electron chi connectivity index (χ1n) is 13.8. The molecule has 0 radical (unpaired) electrons. The van der Waals surface area contributed by atoms with Gasteiger partial charge in [-0.1, -0.05) is 112 Å². The van der Waals surface area contributed by atoms with Crippen LogP contribution < -0.4 is 0 Å². The van der Waals surface area contributed by atoms with Gasteiger partial charge in [0.15, 0.2) is 0 Å². The predicted molar refractivity (Wildman–Crippen MR) is 166 cm³/mol. The number of hydrogen-bond acceptors (Lipinski definition) is 4. The van der Waals surface area contributed by atoms with Crippen molar-refractivity contribution in [2.45, 2.75) is 40.4 Å². The maximum absolute atomic E-state index is 11.5. The van der Waals surface area contributed by atoms with Crippen molar-refractivity contribution in [1.82, 2.24) is 0 Å². The lowest BCUT2D eigenvalue weighted by Crippen LogP contribution is -2.01. The molecule has 4 heteroatoms. The van der Waals surface area contributed by atoms with E-state index in [1.165, 1.54) is 28.8 Å². The molecule has 41 heavy (non-hydrogen) atoms. The van der Waals surface area contributed by atoms with Crippen molar-refractivity contribution in [2.24, 2.45) is 5.92 Å². The van der Waals surface area contributed by atoms with E-state index in [2.05, 4.69) is 94.6 Å². The molecule has 4 nitrogen and oxygen atoms in total. The molecule has 0 heterocycles. The van der Waals surface area contributed by atoms with Crippen molar-refractivity contribution >= 4 is 11.9 Å². The molecule has 0 atom stereocenters. The van der Waals surface area contributed by atoms with Crippen molar-refractivity contribution in [3.63, 3.8) is 0 Å². The van der Waals surface area contributed by atoms with E-state index in [9.17, 15) is 9.59 Å². The van der Waals surface area contributed by atoms with Crippen LogP contribution in [0.4, 0.5) is 0 Å². The molecule has 0 aliphatic heterocycles. The summed E-state index contributed by atoms with van der Waals surface area (Å²) in [6, 6.07) is 29.4. The summed E-state index contributed by atoms with van der Waals surface area (Å²) < 4.78 is 10.4. The fourth-order valence-corrected chi connectivity index (χ4v) is 5.01. The molecule has 0 spiro atoms. The second kappa shape index (κ2) is 13.6. The molecular formula is C37H36O4. The van der Waals surface area contributed by atoms with Gasteiger partial charge in [0.1, 0.15) is 13.2 Å². The van der Waals surface area contributed by atoms with E-state index in [0.717, 1.165) is 45.4 Å². The quantitative estimate of drug-likeness (QED) is 0.140. The molecule has 0 aliphatic carbocycles. The Hall–Kier alpha value is -4.70. The van der Waals surface area contributed by atoms with Crippen molar-refractivity contribution in [2.75, 3.05) is 0 Å². The van der Waals surface area contributed by atoms with Gasteiger partial charge in [0.05, 0.1) is 0 Å². The van der Waals surface area contributed by atoms with E-state index in [4.69, 9.17) is 9.47 Å². The number of benzene rings is 4. The van der Waals surface area contributed by atoms with Gasteiger partial charge >= 0.3 is 11.9 Å². The summed E-state index contributed by atoms with van der Waals surface area (Å²) in [5.74, 6) is -0.382. The van der Waals surface area contributed by atoms with Gasteiger partial charge in [-0.2, -0.15) is 0 Å². The van der Waals surface area contributed by atoms with Gasteiger partial charge in [-0.3, -0.25) is 0 Å². The third-order valence-corrected chi connectivity index (χ3v) is 6.92. The summed E-state index contributed by atoms with van der Waals surface area (Å²) >= 11 is 0. The van der Waals surface area contributed by atoms with Crippen LogP contribution in [-0.4, -0.2) is 11.9 Å². The minimum absolute atomic E-state index is 0.204. The Labute approximate surface area is 243 Å². The molecule has 0 saturated carbocycles. The molecule has 0 bridgehead atoms. The third-order valence-electron chi connectivity index (χ3n) is 6.92. The zero-order chi connectivity index (χ0) is 29.4. The summed E-state index contributed by atoms with van der Waals surface area (Å²) in [5.41, 5.74) is 11.2. The van der Waals surface area contributed by atoms with Crippen LogP contribution >= 0.6 is 0 Å². The number of hydrogen-bond donors (Lipinski definition) is 0. The maximum Gasteiger partial charge on any atom is 0.330 e. The summed E-state index contributed by atoms with van der Waals surface area (Å²) in [6.45, 7) is 13.9. The first-order chi connectivity index (χ1) is 19.8. The van der Waals surface area contributed by atoms with E-state index in [0.29, 0.717) is 5.92 Å². The Balaban J connectivity index is 1.79. The number of ether oxygens (including phenoxy) is 2. The standard InChI is InChI=1S/C37H36O4/c1-6-34(38)40-23-27-14-18-29(19-15-27)36-26(5)10-8-12-32(36)33-13-9-11-31(22-25(3)4)37(33)30-20-16-28(17-21-30)24-41-35(39)7-2/h6-21,25H,1-2,22-24H2,3-5H3. The van der Waals surface area contributed by atoms with Gasteiger partial charge in [-0.15, -0.1) is 0 Å². The van der Waals surface area contributed by atoms with Gasteiger partial charge in [0.2, 0.25) is 0 Å². The molecule has 0 N–H and O–H groups in total. The van der Waals surface area contributed by atoms with Crippen LogP contribution in [0, 0.1) is 12.8 Å². The Morgan fingerprint density at radius 1 is 0.683 bits per heavy atom. The largest absolute Gasteiger partial charge is 0.458 e. The summed E-state index contributed by atoms with van der Waals surface area (Å²) in [4.78, 5) is 23.0. The van der Waals surface area contributed by atoms with Crippen LogP contribution in [0.2, 0.25) is 0 Å². The fourth-order valence-electron chi connectivity index (χ4n) is 5.01. The minimum Gasteiger partial charge on any atom is -0.458 e. The SMILES string of the molecule is C=CC(=O)OCc1ccc(-c2c(C)cccc2-c2cccc(CC(C)C)c2-c2ccc(COC(=O)C=C)cc2)cc1. The lowest BCUT2D eigenvalue weighted by molar-refractivity contribution is -0.139. The highest BCUT2D eigenvalue weighted by Crippen LogP contribution is 2.42. The second-order valence-corrected chi connectivity index (χ2v) is 10.5. The zero-order valence-electron chi connectivity index (χ0n) is 24.0. The Kier molecular flexibility index (Phi) is 9.70. The zero-order valence-corrected chi connectivity index (χ0v) is 24.0. The molecule has 0 fully saturated rings. The van der Waals surface area contributed by atoms with Crippen molar-refractivity contribution < 1.29 is 19.1 Å². The lowest BCUT2D eigenvalue weighted by atomic mass is 9.83. The molecule has 4 aromatic rings. The van der Waals surface area contributed by atoms with Gasteiger partial charge < -0.3 is 9.47 Å². The number of aryl methyl sites for hydroxylation is 1. The molecule has 0 unspecified atom stereocenters. The van der Waals surface area contributed by atoms with E-state index in [1.54, 1.807) is 0 Å². The fraction of sp³-hybridized carbons (Fsp3) is 0.189. The molecule has 4 rings (SSSR count). The first kappa shape index (κ1) is 29.3. The molecule has 0 amide bonds. The van der Waals surface area contributed by atoms with Crippen molar-refractivity contribution in [1.29, 1.82) is 0 Å². The highest BCUT2D eigenvalue weighted by Gasteiger charge is 2.18. The Morgan fingerprint density at radius 3 is 1.63 bits per heavy atom. The second-order valence-electron chi connectivity index (χ2n) is 10.5. The molecule has 208 valence electrons. The van der Waals surface area contributed by atoms with E-state index >= 15 is 0 Å². The van der Waals surface area contributed by atoms with Crippen molar-refractivity contribution in [3.05, 3.63) is 132 Å². The van der Waals surface area contributed by atoms with Crippen LogP contribution in [-0.2, 0) is 38.7 Å². The van der Waals surface area contributed by atoms with Gasteiger partial charge in [0, 0.05) is 12.2 Å². The molecular weight excluding hydrogens is 508 g/mol. The number of rotatable bonds is 11. The average Bonchev–Trinajstić information content (AvgIpc) is 2.98. The number of carbonyl (C=O) groups is 2. The summed E-state index contributed by atoms with van der Waals surface area (Å²) in [7, 11) is 0. The summed E-state index contributed by atoms with van der Waals surface area (Å²) in [5, 5.41) is 0. The maximum atomic E-state index is 11.5. The Bertz CT molecular complexity index is 1540. The number of esters is 2.